The molecule has 0 aliphatic carbocycles. The number of hydrogen-bond donors (Lipinski definition) is 2. The summed E-state index contributed by atoms with van der Waals surface area (Å²) in [5.41, 5.74) is 6.16. The van der Waals surface area contributed by atoms with E-state index in [0.717, 1.165) is 5.56 Å². The second-order valence-electron chi connectivity index (χ2n) is 3.62. The van der Waals surface area contributed by atoms with Crippen LogP contribution in [0.5, 0.6) is 0 Å². The number of anilines is 1. The molecule has 0 saturated heterocycles. The van der Waals surface area contributed by atoms with E-state index in [-0.39, 0.29) is 4.99 Å². The van der Waals surface area contributed by atoms with Crippen molar-refractivity contribution >= 4 is 33.0 Å². The van der Waals surface area contributed by atoms with Gasteiger partial charge in [-0.05, 0) is 25.0 Å². The molecule has 1 atom stereocenters. The third-order valence-corrected chi connectivity index (χ3v) is 4.56. The van der Waals surface area contributed by atoms with Crippen LogP contribution < -0.4 is 10.5 Å². The van der Waals surface area contributed by atoms with Gasteiger partial charge in [-0.2, -0.15) is 0 Å². The minimum Gasteiger partial charge on any atom is -0.392 e. The van der Waals surface area contributed by atoms with E-state index >= 15 is 0 Å². The summed E-state index contributed by atoms with van der Waals surface area (Å²) in [5.74, 6) is 0.308. The van der Waals surface area contributed by atoms with Crippen LogP contribution in [0.15, 0.2) is 18.3 Å². The summed E-state index contributed by atoms with van der Waals surface area (Å²) in [6.45, 7) is 3.49. The van der Waals surface area contributed by atoms with E-state index in [1.54, 1.807) is 26.0 Å². The first-order valence-electron chi connectivity index (χ1n) is 5.11. The largest absolute Gasteiger partial charge is 0.392 e. The van der Waals surface area contributed by atoms with Gasteiger partial charge in [-0.1, -0.05) is 25.2 Å². The highest BCUT2D eigenvalue weighted by Crippen LogP contribution is 2.15. The fraction of sp³-hybridized carbons (Fsp3) is 0.400. The van der Waals surface area contributed by atoms with Crippen LogP contribution in [0.3, 0.4) is 0 Å². The summed E-state index contributed by atoms with van der Waals surface area (Å²) in [6.07, 6.45) is 1.85. The SMILES string of the molecule is CCC(C(N)=S)S(=O)(=O)Nc1ncccc1C. The Morgan fingerprint density at radius 2 is 2.29 bits per heavy atom. The van der Waals surface area contributed by atoms with Gasteiger partial charge in [0, 0.05) is 6.20 Å². The van der Waals surface area contributed by atoms with Crippen LogP contribution >= 0.6 is 12.2 Å². The molecule has 0 saturated carbocycles. The fourth-order valence-corrected chi connectivity index (χ4v) is 3.29. The highest BCUT2D eigenvalue weighted by molar-refractivity contribution is 7.95. The zero-order valence-electron chi connectivity index (χ0n) is 9.67. The lowest BCUT2D eigenvalue weighted by Gasteiger charge is -2.16. The molecule has 0 aromatic carbocycles. The van der Waals surface area contributed by atoms with Crippen molar-refractivity contribution in [2.24, 2.45) is 5.73 Å². The Balaban J connectivity index is 3.02. The van der Waals surface area contributed by atoms with E-state index in [2.05, 4.69) is 9.71 Å². The van der Waals surface area contributed by atoms with Crippen LogP contribution in [-0.2, 0) is 10.0 Å². The molecule has 1 unspecified atom stereocenters. The van der Waals surface area contributed by atoms with Crippen molar-refractivity contribution in [1.29, 1.82) is 0 Å². The molecule has 0 amide bonds. The molecular weight excluding hydrogens is 258 g/mol. The Morgan fingerprint density at radius 1 is 1.65 bits per heavy atom. The van der Waals surface area contributed by atoms with Gasteiger partial charge in [0.05, 0.1) is 4.99 Å². The number of pyridine rings is 1. The topological polar surface area (TPSA) is 85.1 Å². The van der Waals surface area contributed by atoms with Crippen LogP contribution in [0, 0.1) is 6.92 Å². The minimum absolute atomic E-state index is 0.0337. The van der Waals surface area contributed by atoms with Crippen molar-refractivity contribution in [2.45, 2.75) is 25.5 Å². The predicted octanol–water partition coefficient (Wildman–Crippen LogP) is 1.20. The second-order valence-corrected chi connectivity index (χ2v) is 5.95. The number of aryl methyl sites for hydroxylation is 1. The number of rotatable bonds is 5. The van der Waals surface area contributed by atoms with E-state index in [9.17, 15) is 8.42 Å². The Bertz CT molecular complexity index is 514. The number of sulfonamides is 1. The third kappa shape index (κ3) is 3.37. The van der Waals surface area contributed by atoms with Crippen molar-refractivity contribution in [3.8, 4) is 0 Å². The Kier molecular flexibility index (Phi) is 4.41. The maximum atomic E-state index is 12.0. The average molecular weight is 273 g/mol. The molecule has 0 aliphatic heterocycles. The quantitative estimate of drug-likeness (QED) is 0.787. The zero-order valence-corrected chi connectivity index (χ0v) is 11.3. The van der Waals surface area contributed by atoms with Crippen LogP contribution in [0.4, 0.5) is 5.82 Å². The van der Waals surface area contributed by atoms with Crippen LogP contribution in [0.2, 0.25) is 0 Å². The molecule has 1 aromatic rings. The Morgan fingerprint density at radius 3 is 2.76 bits per heavy atom. The molecular formula is C10H15N3O2S2. The number of nitrogens with zero attached hydrogens (tertiary/aromatic N) is 1. The van der Waals surface area contributed by atoms with Crippen molar-refractivity contribution in [2.75, 3.05) is 4.72 Å². The second kappa shape index (κ2) is 5.42. The number of hydrogen-bond acceptors (Lipinski definition) is 4. The minimum atomic E-state index is -3.63. The van der Waals surface area contributed by atoms with Gasteiger partial charge in [0.2, 0.25) is 10.0 Å². The van der Waals surface area contributed by atoms with Crippen molar-refractivity contribution in [3.05, 3.63) is 23.9 Å². The fourth-order valence-electron chi connectivity index (χ4n) is 1.37. The summed E-state index contributed by atoms with van der Waals surface area (Å²) in [7, 11) is -3.63. The van der Waals surface area contributed by atoms with E-state index < -0.39 is 15.3 Å². The molecule has 17 heavy (non-hydrogen) atoms. The highest BCUT2D eigenvalue weighted by Gasteiger charge is 2.27. The number of aromatic nitrogens is 1. The smallest absolute Gasteiger partial charge is 0.243 e. The van der Waals surface area contributed by atoms with Gasteiger partial charge < -0.3 is 5.73 Å². The summed E-state index contributed by atoms with van der Waals surface area (Å²) in [5, 5.41) is -0.876. The molecule has 1 heterocycles. The molecule has 1 aromatic heterocycles. The molecule has 5 nitrogen and oxygen atoms in total. The first-order valence-corrected chi connectivity index (χ1v) is 7.06. The van der Waals surface area contributed by atoms with Gasteiger partial charge in [-0.3, -0.25) is 4.72 Å². The van der Waals surface area contributed by atoms with Gasteiger partial charge in [0.25, 0.3) is 0 Å². The molecule has 0 aliphatic rings. The molecule has 0 spiro atoms. The summed E-state index contributed by atoms with van der Waals surface area (Å²) in [6, 6.07) is 3.50. The molecule has 0 bridgehead atoms. The first kappa shape index (κ1) is 13.9. The van der Waals surface area contributed by atoms with E-state index in [0.29, 0.717) is 12.2 Å². The van der Waals surface area contributed by atoms with Gasteiger partial charge in [0.1, 0.15) is 11.1 Å². The van der Waals surface area contributed by atoms with E-state index in [1.165, 1.54) is 6.20 Å². The third-order valence-electron chi connectivity index (χ3n) is 2.31. The highest BCUT2D eigenvalue weighted by atomic mass is 32.2. The first-order chi connectivity index (χ1) is 7.88. The normalized spacial score (nSPS) is 13.1. The number of thiocarbonyl (C=S) groups is 1. The molecule has 3 N–H and O–H groups in total. The molecule has 94 valence electrons. The Labute approximate surface area is 106 Å². The monoisotopic (exact) mass is 273 g/mol. The Hall–Kier alpha value is -1.21. The van der Waals surface area contributed by atoms with Crippen molar-refractivity contribution in [3.63, 3.8) is 0 Å². The number of nitrogens with two attached hydrogens (primary N) is 1. The van der Waals surface area contributed by atoms with Gasteiger partial charge in [0.15, 0.2) is 0 Å². The predicted molar refractivity (Wildman–Crippen MR) is 72.4 cm³/mol. The molecule has 0 fully saturated rings. The van der Waals surface area contributed by atoms with Crippen molar-refractivity contribution in [1.82, 2.24) is 4.98 Å². The zero-order chi connectivity index (χ0) is 13.1. The lowest BCUT2D eigenvalue weighted by Crippen LogP contribution is -2.37. The maximum absolute atomic E-state index is 12.0. The molecule has 0 radical (unpaired) electrons. The van der Waals surface area contributed by atoms with Crippen LogP contribution in [0.25, 0.3) is 0 Å². The molecule has 1 rings (SSSR count). The average Bonchev–Trinajstić information content (AvgIpc) is 2.21. The number of nitrogens with one attached hydrogen (secondary N) is 1. The van der Waals surface area contributed by atoms with Crippen molar-refractivity contribution < 1.29 is 8.42 Å². The van der Waals surface area contributed by atoms with Crippen LogP contribution in [0.1, 0.15) is 18.9 Å². The molecule has 7 heteroatoms. The standard InChI is InChI=1S/C10H15N3O2S2/c1-3-8(9(11)16)17(14,15)13-10-7(2)5-4-6-12-10/h4-6,8H,3H2,1-2H3,(H2,11,16)(H,12,13). The van der Waals surface area contributed by atoms with Gasteiger partial charge in [-0.15, -0.1) is 0 Å². The lowest BCUT2D eigenvalue weighted by atomic mass is 10.3. The summed E-state index contributed by atoms with van der Waals surface area (Å²) < 4.78 is 26.4. The summed E-state index contributed by atoms with van der Waals surface area (Å²) >= 11 is 4.75. The van der Waals surface area contributed by atoms with E-state index in [1.807, 2.05) is 0 Å². The maximum Gasteiger partial charge on any atom is 0.243 e. The lowest BCUT2D eigenvalue weighted by molar-refractivity contribution is 0.594. The van der Waals surface area contributed by atoms with Gasteiger partial charge >= 0.3 is 0 Å². The summed E-state index contributed by atoms with van der Waals surface area (Å²) in [4.78, 5) is 3.93. The van der Waals surface area contributed by atoms with Crippen LogP contribution in [-0.4, -0.2) is 23.6 Å². The van der Waals surface area contributed by atoms with Gasteiger partial charge in [-0.25, -0.2) is 13.4 Å². The van der Waals surface area contributed by atoms with E-state index in [4.69, 9.17) is 18.0 Å².